The summed E-state index contributed by atoms with van der Waals surface area (Å²) in [6.07, 6.45) is 2.28. The number of likely N-dealkylation sites (tertiary alicyclic amines) is 1. The third-order valence-corrected chi connectivity index (χ3v) is 4.13. The number of aryl methyl sites for hydroxylation is 1. The molecule has 1 amide bonds. The van der Waals surface area contributed by atoms with Crippen molar-refractivity contribution in [3.05, 3.63) is 29.3 Å². The molecule has 1 heterocycles. The van der Waals surface area contributed by atoms with Gasteiger partial charge in [-0.05, 0) is 43.7 Å². The summed E-state index contributed by atoms with van der Waals surface area (Å²) in [4.78, 5) is 14.9. The maximum atomic E-state index is 12.9. The molecule has 3 nitrogen and oxygen atoms in total. The summed E-state index contributed by atoms with van der Waals surface area (Å²) < 4.78 is 0. The average molecular weight is 288 g/mol. The molecule has 0 radical (unpaired) electrons. The Balaban J connectivity index is 2.22. The lowest BCUT2D eigenvalue weighted by molar-refractivity contribution is 0.0624. The summed E-state index contributed by atoms with van der Waals surface area (Å²) in [5.74, 6) is 1.36. The van der Waals surface area contributed by atoms with Crippen LogP contribution < -0.4 is 5.32 Å². The molecule has 0 aliphatic carbocycles. The third-order valence-electron chi connectivity index (χ3n) is 4.13. The second kappa shape index (κ2) is 6.97. The molecular weight excluding hydrogens is 260 g/mol. The molecule has 116 valence electrons. The highest BCUT2D eigenvalue weighted by atomic mass is 16.2. The van der Waals surface area contributed by atoms with Gasteiger partial charge in [0.25, 0.3) is 5.91 Å². The van der Waals surface area contributed by atoms with E-state index < -0.39 is 0 Å². The first kappa shape index (κ1) is 15.9. The van der Waals surface area contributed by atoms with E-state index in [1.54, 1.807) is 0 Å². The molecule has 21 heavy (non-hydrogen) atoms. The zero-order valence-electron chi connectivity index (χ0n) is 13.8. The van der Waals surface area contributed by atoms with Crippen molar-refractivity contribution >= 4 is 11.6 Å². The van der Waals surface area contributed by atoms with Gasteiger partial charge in [0.2, 0.25) is 0 Å². The molecule has 1 N–H and O–H groups in total. The number of hydrogen-bond donors (Lipinski definition) is 1. The molecule has 2 atom stereocenters. The van der Waals surface area contributed by atoms with Gasteiger partial charge in [0.15, 0.2) is 0 Å². The van der Waals surface area contributed by atoms with E-state index in [4.69, 9.17) is 0 Å². The molecule has 0 aromatic heterocycles. The van der Waals surface area contributed by atoms with Crippen LogP contribution in [-0.4, -0.2) is 30.4 Å². The first-order chi connectivity index (χ1) is 10.0. The van der Waals surface area contributed by atoms with Crippen LogP contribution in [0.3, 0.4) is 0 Å². The molecule has 0 bridgehead atoms. The van der Waals surface area contributed by atoms with E-state index in [1.165, 1.54) is 6.42 Å². The number of carbonyl (C=O) groups is 1. The molecule has 2 rings (SSSR count). The van der Waals surface area contributed by atoms with Crippen molar-refractivity contribution in [2.45, 2.75) is 40.5 Å². The van der Waals surface area contributed by atoms with Gasteiger partial charge in [-0.1, -0.05) is 32.4 Å². The second-order valence-electron chi connectivity index (χ2n) is 6.63. The Kier molecular flexibility index (Phi) is 5.27. The number of nitrogens with one attached hydrogen (secondary N) is 1. The molecular formula is C18H28N2O. The van der Waals surface area contributed by atoms with E-state index in [0.717, 1.165) is 42.9 Å². The number of nitrogens with zero attached hydrogens (tertiary/aromatic N) is 1. The van der Waals surface area contributed by atoms with Gasteiger partial charge in [0.05, 0.1) is 5.56 Å². The van der Waals surface area contributed by atoms with Crippen LogP contribution in [0.2, 0.25) is 0 Å². The van der Waals surface area contributed by atoms with Crippen LogP contribution in [0.25, 0.3) is 0 Å². The first-order valence-electron chi connectivity index (χ1n) is 8.15. The van der Waals surface area contributed by atoms with Crippen LogP contribution in [0.15, 0.2) is 18.2 Å². The summed E-state index contributed by atoms with van der Waals surface area (Å²) >= 11 is 0. The summed E-state index contributed by atoms with van der Waals surface area (Å²) in [5.41, 5.74) is 2.93. The fourth-order valence-electron chi connectivity index (χ4n) is 3.25. The Morgan fingerprint density at radius 3 is 2.57 bits per heavy atom. The normalized spacial score (nSPS) is 22.2. The monoisotopic (exact) mass is 288 g/mol. The summed E-state index contributed by atoms with van der Waals surface area (Å²) in [5, 5.41) is 3.39. The first-order valence-corrected chi connectivity index (χ1v) is 8.15. The molecule has 1 aliphatic heterocycles. The van der Waals surface area contributed by atoms with Gasteiger partial charge in [0, 0.05) is 25.3 Å². The van der Waals surface area contributed by atoms with Crippen LogP contribution >= 0.6 is 0 Å². The molecule has 0 saturated carbocycles. The smallest absolute Gasteiger partial charge is 0.255 e. The molecule has 1 aromatic carbocycles. The molecule has 1 aromatic rings. The van der Waals surface area contributed by atoms with Crippen molar-refractivity contribution in [2.75, 3.05) is 25.0 Å². The van der Waals surface area contributed by atoms with Crippen molar-refractivity contribution in [1.82, 2.24) is 4.90 Å². The largest absolute Gasteiger partial charge is 0.384 e. The van der Waals surface area contributed by atoms with Crippen molar-refractivity contribution in [1.29, 1.82) is 0 Å². The van der Waals surface area contributed by atoms with Crippen molar-refractivity contribution in [3.8, 4) is 0 Å². The number of rotatable bonds is 4. The molecule has 1 fully saturated rings. The Hall–Kier alpha value is -1.51. The molecule has 3 heteroatoms. The Labute approximate surface area is 128 Å². The predicted molar refractivity (Wildman–Crippen MR) is 88.8 cm³/mol. The number of anilines is 1. The van der Waals surface area contributed by atoms with Crippen LogP contribution in [0.4, 0.5) is 5.69 Å². The zero-order valence-corrected chi connectivity index (χ0v) is 13.8. The Morgan fingerprint density at radius 2 is 1.95 bits per heavy atom. The predicted octanol–water partition coefficient (Wildman–Crippen LogP) is 3.94. The fraction of sp³-hybridized carbons (Fsp3) is 0.611. The fourth-order valence-corrected chi connectivity index (χ4v) is 3.25. The van der Waals surface area contributed by atoms with Gasteiger partial charge in [0.1, 0.15) is 0 Å². The van der Waals surface area contributed by atoms with Gasteiger partial charge >= 0.3 is 0 Å². The van der Waals surface area contributed by atoms with Crippen molar-refractivity contribution in [2.24, 2.45) is 11.8 Å². The van der Waals surface area contributed by atoms with E-state index in [0.29, 0.717) is 11.8 Å². The van der Waals surface area contributed by atoms with Gasteiger partial charge in [-0.25, -0.2) is 0 Å². The second-order valence-corrected chi connectivity index (χ2v) is 6.63. The molecule has 0 spiro atoms. The van der Waals surface area contributed by atoms with Crippen LogP contribution in [0.1, 0.15) is 49.5 Å². The number of piperidine rings is 1. The summed E-state index contributed by atoms with van der Waals surface area (Å²) in [7, 11) is 0. The Bertz CT molecular complexity index is 488. The van der Waals surface area contributed by atoms with Gasteiger partial charge in [-0.3, -0.25) is 4.79 Å². The minimum absolute atomic E-state index is 0.177. The highest BCUT2D eigenvalue weighted by Crippen LogP contribution is 2.25. The average Bonchev–Trinajstić information content (AvgIpc) is 2.44. The molecule has 2 unspecified atom stereocenters. The third kappa shape index (κ3) is 3.99. The zero-order chi connectivity index (χ0) is 15.4. The van der Waals surface area contributed by atoms with Gasteiger partial charge < -0.3 is 10.2 Å². The maximum absolute atomic E-state index is 12.9. The highest BCUT2D eigenvalue weighted by Gasteiger charge is 2.27. The topological polar surface area (TPSA) is 32.3 Å². The van der Waals surface area contributed by atoms with E-state index in [9.17, 15) is 4.79 Å². The van der Waals surface area contributed by atoms with Crippen molar-refractivity contribution < 1.29 is 4.79 Å². The van der Waals surface area contributed by atoms with Crippen LogP contribution in [0.5, 0.6) is 0 Å². The minimum Gasteiger partial charge on any atom is -0.384 e. The van der Waals surface area contributed by atoms with Gasteiger partial charge in [-0.2, -0.15) is 0 Å². The van der Waals surface area contributed by atoms with E-state index in [-0.39, 0.29) is 5.91 Å². The number of benzene rings is 1. The molecule has 1 saturated heterocycles. The maximum Gasteiger partial charge on any atom is 0.255 e. The minimum atomic E-state index is 0.177. The summed E-state index contributed by atoms with van der Waals surface area (Å²) in [6.45, 7) is 11.3. The number of amides is 1. The quantitative estimate of drug-likeness (QED) is 0.910. The Morgan fingerprint density at radius 1 is 1.29 bits per heavy atom. The van der Waals surface area contributed by atoms with Crippen LogP contribution in [0, 0.1) is 18.8 Å². The van der Waals surface area contributed by atoms with Gasteiger partial charge in [-0.15, -0.1) is 0 Å². The SMILES string of the molecule is CCCNc1ccc(C)cc1C(=O)N1CC(C)CC(C)C1. The highest BCUT2D eigenvalue weighted by molar-refractivity contribution is 6.00. The van der Waals surface area contributed by atoms with Crippen molar-refractivity contribution in [3.63, 3.8) is 0 Å². The number of carbonyl (C=O) groups excluding carboxylic acids is 1. The lowest BCUT2D eigenvalue weighted by Crippen LogP contribution is -2.42. The lowest BCUT2D eigenvalue weighted by Gasteiger charge is -2.35. The van der Waals surface area contributed by atoms with E-state index in [2.05, 4.69) is 32.2 Å². The lowest BCUT2D eigenvalue weighted by atomic mass is 9.91. The van der Waals surface area contributed by atoms with E-state index >= 15 is 0 Å². The number of hydrogen-bond acceptors (Lipinski definition) is 2. The molecule has 1 aliphatic rings. The standard InChI is InChI=1S/C18H28N2O/c1-5-8-19-17-7-6-13(2)10-16(17)18(21)20-11-14(3)9-15(4)12-20/h6-7,10,14-15,19H,5,8-9,11-12H2,1-4H3. The van der Waals surface area contributed by atoms with E-state index in [1.807, 2.05) is 24.0 Å². The summed E-state index contributed by atoms with van der Waals surface area (Å²) in [6, 6.07) is 6.12. The van der Waals surface area contributed by atoms with Crippen LogP contribution in [-0.2, 0) is 0 Å².